The first kappa shape index (κ1) is 21.0. The van der Waals surface area contributed by atoms with Gasteiger partial charge < -0.3 is 15.0 Å². The Balaban J connectivity index is 1.29. The van der Waals surface area contributed by atoms with Gasteiger partial charge in [-0.1, -0.05) is 11.6 Å². The number of alkyl halides is 2. The summed E-state index contributed by atoms with van der Waals surface area (Å²) in [7, 11) is 0. The highest BCUT2D eigenvalue weighted by Crippen LogP contribution is 2.60. The predicted molar refractivity (Wildman–Crippen MR) is 112 cm³/mol. The molecule has 0 aromatic heterocycles. The van der Waals surface area contributed by atoms with E-state index in [0.29, 0.717) is 36.4 Å². The summed E-state index contributed by atoms with van der Waals surface area (Å²) in [5, 5.41) is 2.80. The number of nitrogens with zero attached hydrogens (tertiary/aromatic N) is 1. The molecule has 5 aliphatic rings. The third kappa shape index (κ3) is 3.90. The van der Waals surface area contributed by atoms with Gasteiger partial charge in [0.25, 0.3) is 0 Å². The van der Waals surface area contributed by atoms with E-state index in [4.69, 9.17) is 11.6 Å². The molecule has 1 heterocycles. The van der Waals surface area contributed by atoms with Crippen LogP contribution in [0.25, 0.3) is 0 Å². The zero-order chi connectivity index (χ0) is 21.8. The first-order chi connectivity index (χ1) is 14.8. The van der Waals surface area contributed by atoms with Crippen molar-refractivity contribution in [1.82, 2.24) is 4.90 Å². The number of rotatable bonds is 5. The van der Waals surface area contributed by atoms with Crippen LogP contribution in [0.5, 0.6) is 5.75 Å². The Labute approximate surface area is 185 Å². The summed E-state index contributed by atoms with van der Waals surface area (Å²) in [6.07, 6.45) is 8.16. The van der Waals surface area contributed by atoms with Gasteiger partial charge in [-0.2, -0.15) is 8.78 Å². The van der Waals surface area contributed by atoms with Gasteiger partial charge in [0.15, 0.2) is 0 Å². The van der Waals surface area contributed by atoms with E-state index in [2.05, 4.69) is 10.1 Å². The van der Waals surface area contributed by atoms with Gasteiger partial charge in [-0.3, -0.25) is 9.59 Å². The summed E-state index contributed by atoms with van der Waals surface area (Å²) >= 11 is 6.00. The topological polar surface area (TPSA) is 58.6 Å². The Kier molecular flexibility index (Phi) is 5.35. The number of anilines is 1. The van der Waals surface area contributed by atoms with E-state index in [1.165, 1.54) is 37.5 Å². The van der Waals surface area contributed by atoms with Crippen molar-refractivity contribution in [2.24, 2.45) is 23.2 Å². The van der Waals surface area contributed by atoms with Gasteiger partial charge in [0.05, 0.1) is 10.4 Å². The van der Waals surface area contributed by atoms with Crippen molar-refractivity contribution < 1.29 is 23.1 Å². The maximum absolute atomic E-state index is 13.7. The molecule has 1 aromatic rings. The van der Waals surface area contributed by atoms with Gasteiger partial charge in [-0.25, -0.2) is 0 Å². The summed E-state index contributed by atoms with van der Waals surface area (Å²) in [5.41, 5.74) is 0.126. The number of amides is 2. The van der Waals surface area contributed by atoms with Gasteiger partial charge >= 0.3 is 6.61 Å². The molecule has 4 aliphatic carbocycles. The molecule has 1 aromatic carbocycles. The molecule has 1 aliphatic heterocycles. The third-order valence-electron chi connectivity index (χ3n) is 7.72. The number of halogens is 3. The number of carbonyl (C=O) groups is 2. The molecule has 4 saturated carbocycles. The van der Waals surface area contributed by atoms with Crippen molar-refractivity contribution in [3.05, 3.63) is 23.2 Å². The normalized spacial score (nSPS) is 33.7. The molecule has 5 nitrogen and oxygen atoms in total. The molecular formula is C23H27ClF2N2O3. The van der Waals surface area contributed by atoms with Crippen LogP contribution in [0.2, 0.25) is 5.02 Å². The summed E-state index contributed by atoms with van der Waals surface area (Å²) in [5.74, 6) is 1.77. The smallest absolute Gasteiger partial charge is 0.387 e. The Morgan fingerprint density at radius 2 is 1.77 bits per heavy atom. The number of carbonyl (C=O) groups excluding carboxylic acids is 2. The van der Waals surface area contributed by atoms with Crippen LogP contribution in [-0.2, 0) is 9.59 Å². The number of hydrogen-bond donors (Lipinski definition) is 1. The lowest BCUT2D eigenvalue weighted by molar-refractivity contribution is -0.160. The van der Waals surface area contributed by atoms with Crippen LogP contribution in [-0.4, -0.2) is 35.9 Å². The maximum Gasteiger partial charge on any atom is 0.387 e. The van der Waals surface area contributed by atoms with Crippen molar-refractivity contribution in [3.63, 3.8) is 0 Å². The molecule has 0 unspecified atom stereocenters. The van der Waals surface area contributed by atoms with Crippen molar-refractivity contribution in [2.75, 3.05) is 11.9 Å². The van der Waals surface area contributed by atoms with Gasteiger partial charge in [0, 0.05) is 12.2 Å². The minimum atomic E-state index is -2.97. The zero-order valence-corrected chi connectivity index (χ0v) is 18.0. The first-order valence-electron chi connectivity index (χ1n) is 11.2. The lowest BCUT2D eigenvalue weighted by Gasteiger charge is -2.56. The second-order valence-corrected chi connectivity index (χ2v) is 10.3. The van der Waals surface area contributed by atoms with Crippen LogP contribution < -0.4 is 10.1 Å². The van der Waals surface area contributed by atoms with Crippen LogP contribution in [0.1, 0.15) is 51.4 Å². The van der Waals surface area contributed by atoms with Crippen LogP contribution >= 0.6 is 11.6 Å². The van der Waals surface area contributed by atoms with Gasteiger partial charge in [-0.15, -0.1) is 0 Å². The van der Waals surface area contributed by atoms with Gasteiger partial charge in [-0.05, 0) is 87.3 Å². The zero-order valence-electron chi connectivity index (χ0n) is 17.3. The number of benzene rings is 1. The van der Waals surface area contributed by atoms with E-state index in [0.717, 1.165) is 25.7 Å². The standard InChI is InChI=1S/C23H27ClF2N2O3/c24-17-9-16(3-4-19(17)31-22(25)26)27-20(29)18-2-1-5-28(18)21(30)23-10-13-6-14(11-23)8-15(7-13)12-23/h3-4,9,13-15,18,22H,1-2,5-8,10-12H2,(H,27,29)/t13?,14?,15?,18-,23?/m1/s1. The summed E-state index contributed by atoms with van der Waals surface area (Å²) in [6, 6.07) is 3.66. The van der Waals surface area contributed by atoms with Crippen molar-refractivity contribution in [3.8, 4) is 5.75 Å². The Bertz CT molecular complexity index is 858. The lowest BCUT2D eigenvalue weighted by atomic mass is 9.49. The number of ether oxygens (including phenoxy) is 1. The summed E-state index contributed by atoms with van der Waals surface area (Å²) in [4.78, 5) is 28.5. The minimum absolute atomic E-state index is 0.00831. The highest BCUT2D eigenvalue weighted by atomic mass is 35.5. The van der Waals surface area contributed by atoms with E-state index < -0.39 is 12.7 Å². The lowest BCUT2D eigenvalue weighted by Crippen LogP contribution is -2.56. The molecule has 0 spiro atoms. The van der Waals surface area contributed by atoms with E-state index in [1.54, 1.807) is 4.90 Å². The fraction of sp³-hybridized carbons (Fsp3) is 0.652. The SMILES string of the molecule is O=C(Nc1ccc(OC(F)F)c(Cl)c1)[C@H]1CCCN1C(=O)C12CC3CC(CC(C3)C1)C2. The molecule has 2 amide bonds. The molecule has 1 saturated heterocycles. The molecule has 1 atom stereocenters. The number of likely N-dealkylation sites (tertiary alicyclic amines) is 1. The Hall–Kier alpha value is -1.89. The quantitative estimate of drug-likeness (QED) is 0.677. The second-order valence-electron chi connectivity index (χ2n) is 9.87. The fourth-order valence-corrected chi connectivity index (χ4v) is 7.18. The van der Waals surface area contributed by atoms with E-state index in [-0.39, 0.29) is 28.0 Å². The molecule has 5 fully saturated rings. The highest BCUT2D eigenvalue weighted by molar-refractivity contribution is 6.32. The molecule has 1 N–H and O–H groups in total. The molecule has 4 bridgehead atoms. The molecule has 6 rings (SSSR count). The Morgan fingerprint density at radius 1 is 1.13 bits per heavy atom. The molecule has 0 radical (unpaired) electrons. The van der Waals surface area contributed by atoms with Crippen molar-refractivity contribution in [1.29, 1.82) is 0 Å². The summed E-state index contributed by atoms with van der Waals surface area (Å²) < 4.78 is 29.2. The van der Waals surface area contributed by atoms with Gasteiger partial charge in [0.2, 0.25) is 11.8 Å². The maximum atomic E-state index is 13.7. The second kappa shape index (κ2) is 7.91. The largest absolute Gasteiger partial charge is 0.433 e. The summed E-state index contributed by atoms with van der Waals surface area (Å²) in [6.45, 7) is -2.36. The van der Waals surface area contributed by atoms with E-state index in [9.17, 15) is 18.4 Å². The van der Waals surface area contributed by atoms with Crippen LogP contribution in [0.3, 0.4) is 0 Å². The average Bonchev–Trinajstić information content (AvgIpc) is 3.18. The van der Waals surface area contributed by atoms with E-state index >= 15 is 0 Å². The fourth-order valence-electron chi connectivity index (χ4n) is 6.96. The number of nitrogens with one attached hydrogen (secondary N) is 1. The first-order valence-corrected chi connectivity index (χ1v) is 11.6. The van der Waals surface area contributed by atoms with Crippen LogP contribution in [0, 0.1) is 23.2 Å². The molecular weight excluding hydrogens is 426 g/mol. The number of hydrogen-bond acceptors (Lipinski definition) is 3. The minimum Gasteiger partial charge on any atom is -0.433 e. The van der Waals surface area contributed by atoms with E-state index in [1.807, 2.05) is 0 Å². The van der Waals surface area contributed by atoms with Crippen LogP contribution in [0.15, 0.2) is 18.2 Å². The Morgan fingerprint density at radius 3 is 2.35 bits per heavy atom. The van der Waals surface area contributed by atoms with Crippen molar-refractivity contribution >= 4 is 29.1 Å². The third-order valence-corrected chi connectivity index (χ3v) is 8.02. The molecule has 8 heteroatoms. The molecule has 31 heavy (non-hydrogen) atoms. The predicted octanol–water partition coefficient (Wildman–Crippen LogP) is 5.09. The monoisotopic (exact) mass is 452 g/mol. The van der Waals surface area contributed by atoms with Crippen molar-refractivity contribution in [2.45, 2.75) is 64.0 Å². The highest BCUT2D eigenvalue weighted by Gasteiger charge is 2.56. The molecule has 168 valence electrons. The van der Waals surface area contributed by atoms with Gasteiger partial charge in [0.1, 0.15) is 11.8 Å². The average molecular weight is 453 g/mol. The van der Waals surface area contributed by atoms with Crippen LogP contribution in [0.4, 0.5) is 14.5 Å².